The van der Waals surface area contributed by atoms with Gasteiger partial charge in [0.25, 0.3) is 5.91 Å². The van der Waals surface area contributed by atoms with Crippen LogP contribution in [0.25, 0.3) is 0 Å². The Morgan fingerprint density at radius 2 is 2.05 bits per heavy atom. The summed E-state index contributed by atoms with van der Waals surface area (Å²) >= 11 is 0. The van der Waals surface area contributed by atoms with Gasteiger partial charge >= 0.3 is 6.18 Å². The lowest BCUT2D eigenvalue weighted by molar-refractivity contribution is -0.140. The Morgan fingerprint density at radius 1 is 1.38 bits per heavy atom. The van der Waals surface area contributed by atoms with Gasteiger partial charge in [-0.25, -0.2) is 4.39 Å². The Bertz CT molecular complexity index is 521. The van der Waals surface area contributed by atoms with Crippen molar-refractivity contribution < 1.29 is 22.4 Å². The highest BCUT2D eigenvalue weighted by molar-refractivity contribution is 5.94. The van der Waals surface area contributed by atoms with E-state index in [1.807, 2.05) is 6.92 Å². The van der Waals surface area contributed by atoms with Gasteiger partial charge in [-0.3, -0.25) is 4.79 Å². The molecule has 0 aliphatic carbocycles. The molecular weight excluding hydrogens is 312 g/mol. The van der Waals surface area contributed by atoms with E-state index in [0.29, 0.717) is 25.7 Å². The van der Waals surface area contributed by atoms with Crippen LogP contribution in [-0.2, 0) is 6.18 Å². The van der Waals surface area contributed by atoms with E-state index in [1.54, 1.807) is 0 Å². The van der Waals surface area contributed by atoms with Gasteiger partial charge in [0.2, 0.25) is 0 Å². The quantitative estimate of drug-likeness (QED) is 0.805. The third kappa shape index (κ3) is 3.85. The number of nitrogens with one attached hydrogen (secondary N) is 1. The Morgan fingerprint density at radius 3 is 2.62 bits per heavy atom. The third-order valence-electron chi connectivity index (χ3n) is 3.19. The summed E-state index contributed by atoms with van der Waals surface area (Å²) in [6.45, 7) is 3.07. The first-order valence-corrected chi connectivity index (χ1v) is 6.19. The summed E-state index contributed by atoms with van der Waals surface area (Å²) in [5, 5.41) is 3.10. The third-order valence-corrected chi connectivity index (χ3v) is 3.19. The Balaban J connectivity index is 0.00000220. The van der Waals surface area contributed by atoms with Crippen molar-refractivity contribution in [3.8, 4) is 0 Å². The van der Waals surface area contributed by atoms with Crippen molar-refractivity contribution in [2.45, 2.75) is 19.1 Å². The minimum absolute atomic E-state index is 0. The number of benzene rings is 1. The second-order valence-electron chi connectivity index (χ2n) is 4.77. The largest absolute Gasteiger partial charge is 0.419 e. The molecule has 2 rings (SSSR count). The average molecular weight is 327 g/mol. The minimum Gasteiger partial charge on any atom is -0.336 e. The summed E-state index contributed by atoms with van der Waals surface area (Å²) in [5.74, 6) is -2.21. The fourth-order valence-electron chi connectivity index (χ4n) is 2.20. The monoisotopic (exact) mass is 326 g/mol. The summed E-state index contributed by atoms with van der Waals surface area (Å²) < 4.78 is 51.8. The van der Waals surface area contributed by atoms with Gasteiger partial charge in [0.1, 0.15) is 5.82 Å². The molecule has 1 aliphatic rings. The van der Waals surface area contributed by atoms with Crippen LogP contribution in [0.4, 0.5) is 17.6 Å². The maximum atomic E-state index is 13.9. The molecule has 21 heavy (non-hydrogen) atoms. The fourth-order valence-corrected chi connectivity index (χ4v) is 2.20. The molecular formula is C13H15ClF4N2O. The standard InChI is InChI=1S/C13H14F4N2O.ClH/c1-8-7-19(6-5-18-8)12(20)9-3-2-4-10(11(9)14)13(15,16)17;/h2-4,8,18H,5-7H2,1H3;1H. The second kappa shape index (κ2) is 6.62. The van der Waals surface area contributed by atoms with Crippen molar-refractivity contribution >= 4 is 18.3 Å². The van der Waals surface area contributed by atoms with Crippen LogP contribution in [0.15, 0.2) is 18.2 Å². The molecule has 0 saturated carbocycles. The zero-order chi connectivity index (χ0) is 14.9. The zero-order valence-electron chi connectivity index (χ0n) is 11.2. The van der Waals surface area contributed by atoms with Crippen molar-refractivity contribution in [2.75, 3.05) is 19.6 Å². The molecule has 118 valence electrons. The number of nitrogens with zero attached hydrogens (tertiary/aromatic N) is 1. The normalized spacial score (nSPS) is 19.1. The number of amides is 1. The summed E-state index contributed by atoms with van der Waals surface area (Å²) in [7, 11) is 0. The first kappa shape index (κ1) is 17.7. The number of piperazine rings is 1. The van der Waals surface area contributed by atoms with E-state index in [0.717, 1.165) is 12.1 Å². The Labute approximate surface area is 125 Å². The number of carbonyl (C=O) groups excluding carboxylic acids is 1. The van der Waals surface area contributed by atoms with Crippen LogP contribution in [0.5, 0.6) is 0 Å². The SMILES string of the molecule is CC1CN(C(=O)c2cccc(C(F)(F)F)c2F)CCN1.Cl. The second-order valence-corrected chi connectivity index (χ2v) is 4.77. The number of halogens is 5. The molecule has 0 bridgehead atoms. The van der Waals surface area contributed by atoms with Crippen LogP contribution in [0, 0.1) is 5.82 Å². The van der Waals surface area contributed by atoms with Gasteiger partial charge in [-0.05, 0) is 19.1 Å². The molecule has 0 radical (unpaired) electrons. The smallest absolute Gasteiger partial charge is 0.336 e. The van der Waals surface area contributed by atoms with Gasteiger partial charge in [-0.15, -0.1) is 12.4 Å². The number of hydrogen-bond donors (Lipinski definition) is 1. The molecule has 1 aromatic rings. The van der Waals surface area contributed by atoms with E-state index in [-0.39, 0.29) is 18.4 Å². The molecule has 1 N–H and O–H groups in total. The average Bonchev–Trinajstić information content (AvgIpc) is 2.37. The van der Waals surface area contributed by atoms with Crippen molar-refractivity contribution in [3.05, 3.63) is 35.1 Å². The molecule has 1 fully saturated rings. The van der Waals surface area contributed by atoms with Crippen LogP contribution < -0.4 is 5.32 Å². The highest BCUT2D eigenvalue weighted by atomic mass is 35.5. The van der Waals surface area contributed by atoms with Gasteiger partial charge in [0.05, 0.1) is 11.1 Å². The molecule has 1 atom stereocenters. The molecule has 1 heterocycles. The van der Waals surface area contributed by atoms with Crippen LogP contribution in [0.2, 0.25) is 0 Å². The molecule has 3 nitrogen and oxygen atoms in total. The minimum atomic E-state index is -4.81. The maximum absolute atomic E-state index is 13.9. The topological polar surface area (TPSA) is 32.3 Å². The fraction of sp³-hybridized carbons (Fsp3) is 0.462. The molecule has 1 amide bonds. The van der Waals surface area contributed by atoms with Gasteiger partial charge in [-0.1, -0.05) is 6.07 Å². The van der Waals surface area contributed by atoms with Gasteiger partial charge in [-0.2, -0.15) is 13.2 Å². The van der Waals surface area contributed by atoms with E-state index < -0.39 is 29.0 Å². The molecule has 1 saturated heterocycles. The number of carbonyl (C=O) groups is 1. The first-order valence-electron chi connectivity index (χ1n) is 6.19. The van der Waals surface area contributed by atoms with Crippen LogP contribution >= 0.6 is 12.4 Å². The maximum Gasteiger partial charge on any atom is 0.419 e. The number of rotatable bonds is 1. The lowest BCUT2D eigenvalue weighted by Gasteiger charge is -2.32. The first-order chi connectivity index (χ1) is 9.30. The van der Waals surface area contributed by atoms with Crippen molar-refractivity contribution in [3.63, 3.8) is 0 Å². The summed E-state index contributed by atoms with van der Waals surface area (Å²) in [6, 6.07) is 2.79. The van der Waals surface area contributed by atoms with E-state index in [4.69, 9.17) is 0 Å². The van der Waals surface area contributed by atoms with Crippen LogP contribution in [-0.4, -0.2) is 36.5 Å². The highest BCUT2D eigenvalue weighted by Gasteiger charge is 2.36. The van der Waals surface area contributed by atoms with E-state index in [2.05, 4.69) is 5.32 Å². The molecule has 0 spiro atoms. The summed E-state index contributed by atoms with van der Waals surface area (Å²) in [5.41, 5.74) is -1.94. The Hall–Kier alpha value is -1.34. The number of alkyl halides is 3. The van der Waals surface area contributed by atoms with Crippen molar-refractivity contribution in [1.82, 2.24) is 10.2 Å². The predicted octanol–water partition coefficient (Wildman–Crippen LogP) is 2.70. The van der Waals surface area contributed by atoms with E-state index in [1.165, 1.54) is 4.90 Å². The zero-order valence-corrected chi connectivity index (χ0v) is 12.0. The lowest BCUT2D eigenvalue weighted by atomic mass is 10.1. The lowest BCUT2D eigenvalue weighted by Crippen LogP contribution is -2.51. The van der Waals surface area contributed by atoms with E-state index >= 15 is 0 Å². The van der Waals surface area contributed by atoms with Gasteiger partial charge in [0, 0.05) is 25.7 Å². The molecule has 8 heteroatoms. The highest BCUT2D eigenvalue weighted by Crippen LogP contribution is 2.32. The van der Waals surface area contributed by atoms with Gasteiger partial charge < -0.3 is 10.2 Å². The van der Waals surface area contributed by atoms with Crippen molar-refractivity contribution in [2.24, 2.45) is 0 Å². The summed E-state index contributed by atoms with van der Waals surface area (Å²) in [4.78, 5) is 13.5. The Kier molecular flexibility index (Phi) is 5.58. The molecule has 1 aliphatic heterocycles. The van der Waals surface area contributed by atoms with Crippen LogP contribution in [0.1, 0.15) is 22.8 Å². The number of hydrogen-bond acceptors (Lipinski definition) is 2. The molecule has 1 aromatic carbocycles. The summed E-state index contributed by atoms with van der Waals surface area (Å²) in [6.07, 6.45) is -4.81. The van der Waals surface area contributed by atoms with Gasteiger partial charge in [0.15, 0.2) is 0 Å². The van der Waals surface area contributed by atoms with Crippen molar-refractivity contribution in [1.29, 1.82) is 0 Å². The molecule has 0 aromatic heterocycles. The predicted molar refractivity (Wildman–Crippen MR) is 72.0 cm³/mol. The van der Waals surface area contributed by atoms with Crippen LogP contribution in [0.3, 0.4) is 0 Å². The molecule has 1 unspecified atom stereocenters. The van der Waals surface area contributed by atoms with E-state index in [9.17, 15) is 22.4 Å².